The van der Waals surface area contributed by atoms with Gasteiger partial charge in [-0.25, -0.2) is 9.97 Å². The van der Waals surface area contributed by atoms with Crippen molar-refractivity contribution in [1.29, 1.82) is 0 Å². The number of aryl methyl sites for hydroxylation is 1. The van der Waals surface area contributed by atoms with Crippen molar-refractivity contribution in [3.8, 4) is 0 Å². The molecule has 1 aliphatic carbocycles. The minimum absolute atomic E-state index is 0.559. The number of anilines is 1. The van der Waals surface area contributed by atoms with Crippen LogP contribution in [0.3, 0.4) is 0 Å². The van der Waals surface area contributed by atoms with Gasteiger partial charge >= 0.3 is 0 Å². The molecule has 0 spiro atoms. The van der Waals surface area contributed by atoms with Crippen LogP contribution in [-0.4, -0.2) is 23.1 Å². The van der Waals surface area contributed by atoms with E-state index in [4.69, 9.17) is 11.6 Å². The van der Waals surface area contributed by atoms with Gasteiger partial charge < -0.3 is 4.90 Å². The largest absolute Gasteiger partial charge is 0.356 e. The molecule has 2 fully saturated rings. The Kier molecular flexibility index (Phi) is 3.42. The minimum atomic E-state index is 0.559. The van der Waals surface area contributed by atoms with Crippen molar-refractivity contribution in [3.05, 3.63) is 17.0 Å². The average Bonchev–Trinajstić information content (AvgIpc) is 2.37. The van der Waals surface area contributed by atoms with Crippen LogP contribution in [0.2, 0.25) is 5.15 Å². The van der Waals surface area contributed by atoms with Crippen LogP contribution in [0.1, 0.15) is 37.9 Å². The molecule has 0 radical (unpaired) electrons. The lowest BCUT2D eigenvalue weighted by atomic mass is 9.75. The molecule has 2 aliphatic rings. The zero-order chi connectivity index (χ0) is 12.5. The first kappa shape index (κ1) is 12.2. The molecule has 0 aromatic carbocycles. The molecule has 1 saturated carbocycles. The Morgan fingerprint density at radius 1 is 1.17 bits per heavy atom. The third kappa shape index (κ3) is 2.46. The molecule has 0 bridgehead atoms. The summed E-state index contributed by atoms with van der Waals surface area (Å²) in [4.78, 5) is 11.1. The zero-order valence-electron chi connectivity index (χ0n) is 10.9. The van der Waals surface area contributed by atoms with Crippen molar-refractivity contribution in [2.75, 3.05) is 18.0 Å². The maximum atomic E-state index is 6.03. The molecule has 1 saturated heterocycles. The standard InChI is InChI=1S/C14H20ClN3/c1-10-16-13(15)8-14(17-10)18-7-6-11-4-2-3-5-12(11)9-18/h8,11-12H,2-7,9H2,1H3. The summed E-state index contributed by atoms with van der Waals surface area (Å²) in [7, 11) is 0. The van der Waals surface area contributed by atoms with Crippen molar-refractivity contribution < 1.29 is 0 Å². The van der Waals surface area contributed by atoms with E-state index >= 15 is 0 Å². The van der Waals surface area contributed by atoms with Gasteiger partial charge in [-0.1, -0.05) is 30.9 Å². The lowest BCUT2D eigenvalue weighted by molar-refractivity contribution is 0.202. The van der Waals surface area contributed by atoms with Gasteiger partial charge in [-0.05, 0) is 31.6 Å². The van der Waals surface area contributed by atoms with E-state index in [-0.39, 0.29) is 0 Å². The molecule has 1 aliphatic heterocycles. The molecular formula is C14H20ClN3. The molecule has 2 heterocycles. The van der Waals surface area contributed by atoms with Crippen LogP contribution >= 0.6 is 11.6 Å². The molecule has 0 N–H and O–H groups in total. The van der Waals surface area contributed by atoms with E-state index in [0.717, 1.165) is 36.6 Å². The Morgan fingerprint density at radius 2 is 1.94 bits per heavy atom. The number of aromatic nitrogens is 2. The fourth-order valence-electron chi connectivity index (χ4n) is 3.49. The Morgan fingerprint density at radius 3 is 2.72 bits per heavy atom. The van der Waals surface area contributed by atoms with E-state index in [9.17, 15) is 0 Å². The van der Waals surface area contributed by atoms with Gasteiger partial charge in [-0.3, -0.25) is 0 Å². The third-order valence-electron chi connectivity index (χ3n) is 4.41. The SMILES string of the molecule is Cc1nc(Cl)cc(N2CCC3CCCCC3C2)n1. The predicted molar refractivity (Wildman–Crippen MR) is 74.1 cm³/mol. The number of hydrogen-bond acceptors (Lipinski definition) is 3. The van der Waals surface area contributed by atoms with Crippen LogP contribution in [0, 0.1) is 18.8 Å². The lowest BCUT2D eigenvalue weighted by Crippen LogP contribution is -2.42. The molecule has 2 atom stereocenters. The van der Waals surface area contributed by atoms with Crippen LogP contribution in [-0.2, 0) is 0 Å². The second-order valence-electron chi connectivity index (χ2n) is 5.64. The maximum absolute atomic E-state index is 6.03. The second kappa shape index (κ2) is 5.04. The molecule has 98 valence electrons. The molecule has 18 heavy (non-hydrogen) atoms. The molecular weight excluding hydrogens is 246 g/mol. The summed E-state index contributed by atoms with van der Waals surface area (Å²) in [6.45, 7) is 4.17. The Hall–Kier alpha value is -0.830. The van der Waals surface area contributed by atoms with Crippen LogP contribution < -0.4 is 4.90 Å². The molecule has 3 nitrogen and oxygen atoms in total. The summed E-state index contributed by atoms with van der Waals surface area (Å²) in [6.07, 6.45) is 6.96. The fourth-order valence-corrected chi connectivity index (χ4v) is 3.71. The first-order chi connectivity index (χ1) is 8.72. The highest BCUT2D eigenvalue weighted by molar-refractivity contribution is 6.29. The first-order valence-electron chi connectivity index (χ1n) is 6.98. The number of rotatable bonds is 1. The van der Waals surface area contributed by atoms with E-state index in [1.165, 1.54) is 32.1 Å². The molecule has 1 aromatic heterocycles. The number of nitrogens with zero attached hydrogens (tertiary/aromatic N) is 3. The normalized spacial score (nSPS) is 28.0. The van der Waals surface area contributed by atoms with Crippen molar-refractivity contribution >= 4 is 17.4 Å². The smallest absolute Gasteiger partial charge is 0.134 e. The van der Waals surface area contributed by atoms with E-state index in [2.05, 4.69) is 14.9 Å². The van der Waals surface area contributed by atoms with Gasteiger partial charge in [0.05, 0.1) is 0 Å². The summed E-state index contributed by atoms with van der Waals surface area (Å²) in [5.41, 5.74) is 0. The second-order valence-corrected chi connectivity index (χ2v) is 6.02. The average molecular weight is 266 g/mol. The van der Waals surface area contributed by atoms with Crippen LogP contribution in [0.25, 0.3) is 0 Å². The van der Waals surface area contributed by atoms with Crippen molar-refractivity contribution in [3.63, 3.8) is 0 Å². The van der Waals surface area contributed by atoms with Gasteiger partial charge in [0, 0.05) is 19.2 Å². The maximum Gasteiger partial charge on any atom is 0.134 e. The summed E-state index contributed by atoms with van der Waals surface area (Å²) >= 11 is 6.03. The summed E-state index contributed by atoms with van der Waals surface area (Å²) in [5.74, 6) is 3.59. The molecule has 1 aromatic rings. The number of piperidine rings is 1. The van der Waals surface area contributed by atoms with Crippen LogP contribution in [0.4, 0.5) is 5.82 Å². The van der Waals surface area contributed by atoms with Gasteiger partial charge in [-0.2, -0.15) is 0 Å². The minimum Gasteiger partial charge on any atom is -0.356 e. The molecule has 2 unspecified atom stereocenters. The van der Waals surface area contributed by atoms with Gasteiger partial charge in [0.25, 0.3) is 0 Å². The van der Waals surface area contributed by atoms with E-state index in [1.807, 2.05) is 13.0 Å². The van der Waals surface area contributed by atoms with E-state index in [1.54, 1.807) is 0 Å². The van der Waals surface area contributed by atoms with Crippen molar-refractivity contribution in [2.24, 2.45) is 11.8 Å². The number of halogens is 1. The Labute approximate surface area is 114 Å². The summed E-state index contributed by atoms with van der Waals surface area (Å²) in [6, 6.07) is 1.90. The Balaban J connectivity index is 1.76. The molecule has 0 amide bonds. The highest BCUT2D eigenvalue weighted by Gasteiger charge is 2.31. The third-order valence-corrected chi connectivity index (χ3v) is 4.60. The zero-order valence-corrected chi connectivity index (χ0v) is 11.7. The van der Waals surface area contributed by atoms with Crippen molar-refractivity contribution in [2.45, 2.75) is 39.0 Å². The van der Waals surface area contributed by atoms with Gasteiger partial charge in [0.2, 0.25) is 0 Å². The number of fused-ring (bicyclic) bond motifs is 1. The highest BCUT2D eigenvalue weighted by atomic mass is 35.5. The quantitative estimate of drug-likeness (QED) is 0.729. The van der Waals surface area contributed by atoms with Crippen molar-refractivity contribution in [1.82, 2.24) is 9.97 Å². The number of hydrogen-bond donors (Lipinski definition) is 0. The van der Waals surface area contributed by atoms with Crippen LogP contribution in [0.5, 0.6) is 0 Å². The molecule has 3 rings (SSSR count). The van der Waals surface area contributed by atoms with E-state index in [0.29, 0.717) is 5.15 Å². The first-order valence-corrected chi connectivity index (χ1v) is 7.36. The van der Waals surface area contributed by atoms with E-state index < -0.39 is 0 Å². The predicted octanol–water partition coefficient (Wildman–Crippen LogP) is 3.45. The summed E-state index contributed by atoms with van der Waals surface area (Å²) < 4.78 is 0. The van der Waals surface area contributed by atoms with Gasteiger partial charge in [0.15, 0.2) is 0 Å². The Bertz CT molecular complexity index is 415. The fraction of sp³-hybridized carbons (Fsp3) is 0.714. The lowest BCUT2D eigenvalue weighted by Gasteiger charge is -2.41. The topological polar surface area (TPSA) is 29.0 Å². The summed E-state index contributed by atoms with van der Waals surface area (Å²) in [5, 5.41) is 0.559. The highest BCUT2D eigenvalue weighted by Crippen LogP contribution is 2.37. The monoisotopic (exact) mass is 265 g/mol. The van der Waals surface area contributed by atoms with Crippen LogP contribution in [0.15, 0.2) is 6.07 Å². The van der Waals surface area contributed by atoms with Gasteiger partial charge in [0.1, 0.15) is 16.8 Å². The molecule has 4 heteroatoms. The van der Waals surface area contributed by atoms with Gasteiger partial charge in [-0.15, -0.1) is 0 Å².